The number of fused-ring (bicyclic) bond motifs is 1. The van der Waals surface area contributed by atoms with Gasteiger partial charge in [0.05, 0.1) is 46.2 Å². The van der Waals surface area contributed by atoms with Gasteiger partial charge in [0.15, 0.2) is 18.5 Å². The molecular weight excluding hydrogens is 989 g/mol. The molecule has 0 N–H and O–H groups in total. The number of carbonyl (C=O) groups is 1. The Morgan fingerprint density at radius 2 is 0.870 bits per heavy atom. The van der Waals surface area contributed by atoms with Crippen molar-refractivity contribution in [1.29, 1.82) is 0 Å². The minimum atomic E-state index is -1.21. The van der Waals surface area contributed by atoms with E-state index >= 15 is 0 Å². The Bertz CT molecular complexity index is 2940. The summed E-state index contributed by atoms with van der Waals surface area (Å²) >= 11 is 1.56. The Labute approximate surface area is 455 Å². The first-order chi connectivity index (χ1) is 38.0. The first-order valence-electron chi connectivity index (χ1n) is 26.2. The maximum atomic E-state index is 13.4. The van der Waals surface area contributed by atoms with E-state index in [-0.39, 0.29) is 39.6 Å². The van der Waals surface area contributed by atoms with E-state index in [2.05, 4.69) is 12.1 Å². The third kappa shape index (κ3) is 14.9. The topological polar surface area (TPSA) is 109 Å². The number of esters is 1. The minimum absolute atomic E-state index is 0.00596. The summed E-state index contributed by atoms with van der Waals surface area (Å²) in [4.78, 5) is 14.4. The highest BCUT2D eigenvalue weighted by molar-refractivity contribution is 7.99. The van der Waals surface area contributed by atoms with Gasteiger partial charge in [-0.1, -0.05) is 218 Å². The van der Waals surface area contributed by atoms with Gasteiger partial charge in [0.1, 0.15) is 47.8 Å². The molecule has 0 unspecified atom stereocenters. The molecule has 4 aliphatic rings. The molecule has 2 aliphatic carbocycles. The second-order valence-corrected chi connectivity index (χ2v) is 20.2. The molecule has 396 valence electrons. The van der Waals surface area contributed by atoms with Gasteiger partial charge in [0.2, 0.25) is 0 Å². The normalized spacial score (nSPS) is 23.3. The molecule has 2 saturated heterocycles. The van der Waals surface area contributed by atoms with E-state index < -0.39 is 66.5 Å². The van der Waals surface area contributed by atoms with Crippen LogP contribution in [0.2, 0.25) is 0 Å². The Kier molecular flexibility index (Phi) is 19.2. The molecule has 77 heavy (non-hydrogen) atoms. The van der Waals surface area contributed by atoms with Crippen molar-refractivity contribution in [2.45, 2.75) is 105 Å². The largest absolute Gasteiger partial charge is 0.483 e. The predicted octanol–water partition coefficient (Wildman–Crippen LogP) is 12.3. The molecule has 0 radical (unpaired) electrons. The molecular formula is C65H64O11S. The number of thioether (sulfide) groups is 1. The molecule has 10 rings (SSSR count). The van der Waals surface area contributed by atoms with E-state index in [1.165, 1.54) is 6.92 Å². The summed E-state index contributed by atoms with van der Waals surface area (Å²) in [7, 11) is 0. The number of rotatable bonds is 24. The zero-order chi connectivity index (χ0) is 52.4. The minimum Gasteiger partial charge on any atom is -0.483 e. The molecule has 11 nitrogen and oxygen atoms in total. The van der Waals surface area contributed by atoms with Crippen LogP contribution in [-0.2, 0) is 80.5 Å². The van der Waals surface area contributed by atoms with Crippen LogP contribution >= 0.6 is 11.8 Å². The monoisotopic (exact) mass is 1050 g/mol. The summed E-state index contributed by atoms with van der Waals surface area (Å²) in [6.45, 7) is 2.74. The van der Waals surface area contributed by atoms with Crippen molar-refractivity contribution in [3.05, 3.63) is 252 Å². The second-order valence-electron chi connectivity index (χ2n) is 19.0. The van der Waals surface area contributed by atoms with E-state index in [1.807, 2.05) is 212 Å². The molecule has 6 aromatic carbocycles. The molecule has 0 saturated carbocycles. The maximum Gasteiger partial charge on any atom is 0.303 e. The van der Waals surface area contributed by atoms with Gasteiger partial charge < -0.3 is 47.4 Å². The first-order valence-corrected chi connectivity index (χ1v) is 27.1. The van der Waals surface area contributed by atoms with Gasteiger partial charge in [-0.15, -0.1) is 0 Å². The molecule has 2 fully saturated rings. The second kappa shape index (κ2) is 27.6. The maximum absolute atomic E-state index is 13.4. The van der Waals surface area contributed by atoms with Crippen molar-refractivity contribution in [2.24, 2.45) is 0 Å². The summed E-state index contributed by atoms with van der Waals surface area (Å²) < 4.78 is 70.0. The summed E-state index contributed by atoms with van der Waals surface area (Å²) in [6.07, 6.45) is -8.39. The zero-order valence-electron chi connectivity index (χ0n) is 43.0. The summed E-state index contributed by atoms with van der Waals surface area (Å²) in [6, 6.07) is 73.9. The lowest BCUT2D eigenvalue weighted by Gasteiger charge is -2.50. The third-order valence-electron chi connectivity index (χ3n) is 13.4. The fourth-order valence-corrected chi connectivity index (χ4v) is 10.8. The highest BCUT2D eigenvalue weighted by Crippen LogP contribution is 2.42. The van der Waals surface area contributed by atoms with Crippen molar-refractivity contribution in [3.63, 3.8) is 0 Å². The van der Waals surface area contributed by atoms with Gasteiger partial charge in [0, 0.05) is 17.4 Å². The summed E-state index contributed by atoms with van der Waals surface area (Å²) in [5.41, 5.74) is 6.06. The molecule has 0 spiro atoms. The summed E-state index contributed by atoms with van der Waals surface area (Å²) in [5.74, 6) is 0.0509. The SMILES string of the molecule is CC(=O)O[C@@H]1[C@H](Oc2ccc3cccccc2-3)[C@@H](OCc2ccccc2)[C@H](O[C@H]2[C@H](OCc3ccccc3)[C@@H](OCc3ccccc3)[C@H](Sc3ccccc3)O[C@@H]2COCc2ccccc2)O[C@@H]1COCc1ccccc1. The molecule has 0 aromatic heterocycles. The lowest BCUT2D eigenvalue weighted by Crippen LogP contribution is -2.66. The van der Waals surface area contributed by atoms with E-state index in [0.717, 1.165) is 43.8 Å². The smallest absolute Gasteiger partial charge is 0.303 e. The van der Waals surface area contributed by atoms with Gasteiger partial charge >= 0.3 is 5.97 Å². The average Bonchev–Trinajstić information content (AvgIpc) is 3.70. The lowest BCUT2D eigenvalue weighted by atomic mass is 9.96. The highest BCUT2D eigenvalue weighted by Gasteiger charge is 2.55. The van der Waals surface area contributed by atoms with Crippen molar-refractivity contribution < 1.29 is 52.2 Å². The van der Waals surface area contributed by atoms with Crippen molar-refractivity contribution in [3.8, 4) is 16.9 Å². The van der Waals surface area contributed by atoms with Gasteiger partial charge in [0.25, 0.3) is 0 Å². The van der Waals surface area contributed by atoms with E-state index in [0.29, 0.717) is 12.4 Å². The molecule has 0 bridgehead atoms. The Morgan fingerprint density at radius 3 is 1.39 bits per heavy atom. The Balaban J connectivity index is 1.08. The standard InChI is InChI=1S/C65H64O11S/c1-46(66)72-59-56(44-67-39-47-23-9-2-10-24-47)74-64(62(70-42-50-29-15-5-16-30-50)61(59)73-55-38-37-52-33-19-7-22-36-54(52)55)76-58-57(45-68-40-48-25-11-3-12-26-48)75-65(77-53-34-20-8-21-35-53)63(71-43-51-31-17-6-18-32-51)60(58)69-41-49-27-13-4-14-28-49/h2-38,56-65H,39-45H2,1H3/t56-,57-,58-,59+,60+,61+,62-,63-,64+,65+/m1/s1. The van der Waals surface area contributed by atoms with Crippen LogP contribution in [0.4, 0.5) is 0 Å². The number of benzene rings is 6. The Hall–Kier alpha value is -6.68. The van der Waals surface area contributed by atoms with Crippen LogP contribution in [-0.4, -0.2) is 79.7 Å². The number of hydrogen-bond acceptors (Lipinski definition) is 12. The number of carbonyl (C=O) groups excluding carboxylic acids is 1. The van der Waals surface area contributed by atoms with Crippen molar-refractivity contribution in [1.82, 2.24) is 0 Å². The molecule has 2 aliphatic heterocycles. The van der Waals surface area contributed by atoms with Crippen LogP contribution < -0.4 is 4.74 Å². The lowest BCUT2D eigenvalue weighted by molar-refractivity contribution is -0.349. The molecule has 2 heterocycles. The fourth-order valence-electron chi connectivity index (χ4n) is 9.66. The molecule has 6 aromatic rings. The first kappa shape index (κ1) is 53.7. The number of hydrogen-bond donors (Lipinski definition) is 0. The van der Waals surface area contributed by atoms with E-state index in [9.17, 15) is 4.79 Å². The van der Waals surface area contributed by atoms with Crippen LogP contribution in [0, 0.1) is 0 Å². The van der Waals surface area contributed by atoms with Gasteiger partial charge in [-0.25, -0.2) is 0 Å². The summed E-state index contributed by atoms with van der Waals surface area (Å²) in [5, 5.41) is 0. The van der Waals surface area contributed by atoms with E-state index in [1.54, 1.807) is 11.8 Å². The van der Waals surface area contributed by atoms with Crippen LogP contribution in [0.15, 0.2) is 229 Å². The zero-order valence-corrected chi connectivity index (χ0v) is 43.8. The molecule has 10 atom stereocenters. The Morgan fingerprint density at radius 1 is 0.429 bits per heavy atom. The fraction of sp³-hybridized carbons (Fsp3) is 0.277. The van der Waals surface area contributed by atoms with Crippen LogP contribution in [0.3, 0.4) is 0 Å². The molecule has 0 amide bonds. The quantitative estimate of drug-likeness (QED) is 0.0538. The number of ether oxygens (including phenoxy) is 10. The van der Waals surface area contributed by atoms with Gasteiger partial charge in [-0.3, -0.25) is 4.79 Å². The highest BCUT2D eigenvalue weighted by atomic mass is 32.2. The predicted molar refractivity (Wildman–Crippen MR) is 295 cm³/mol. The van der Waals surface area contributed by atoms with Gasteiger partial charge in [-0.05, 0) is 51.6 Å². The average molecular weight is 1050 g/mol. The van der Waals surface area contributed by atoms with Crippen LogP contribution in [0.25, 0.3) is 11.1 Å². The van der Waals surface area contributed by atoms with Crippen molar-refractivity contribution in [2.75, 3.05) is 13.2 Å². The van der Waals surface area contributed by atoms with Crippen molar-refractivity contribution >= 4 is 17.7 Å². The van der Waals surface area contributed by atoms with E-state index in [4.69, 9.17) is 47.4 Å². The molecule has 12 heteroatoms. The van der Waals surface area contributed by atoms with Gasteiger partial charge in [-0.2, -0.15) is 0 Å². The third-order valence-corrected chi connectivity index (χ3v) is 14.6. The van der Waals surface area contributed by atoms with Crippen LogP contribution in [0.5, 0.6) is 5.75 Å². The van der Waals surface area contributed by atoms with Crippen LogP contribution in [0.1, 0.15) is 34.7 Å².